The van der Waals surface area contributed by atoms with Crippen LogP contribution in [0.15, 0.2) is 24.3 Å². The summed E-state index contributed by atoms with van der Waals surface area (Å²) in [6.45, 7) is 2.33. The average Bonchev–Trinajstić information content (AvgIpc) is 3.01. The third-order valence-electron chi connectivity index (χ3n) is 4.11. The van der Waals surface area contributed by atoms with Gasteiger partial charge in [0.1, 0.15) is 0 Å². The van der Waals surface area contributed by atoms with Gasteiger partial charge in [0.15, 0.2) is 5.82 Å². The summed E-state index contributed by atoms with van der Waals surface area (Å²) >= 11 is 0. The van der Waals surface area contributed by atoms with Crippen molar-refractivity contribution in [2.24, 2.45) is 0 Å². The van der Waals surface area contributed by atoms with Gasteiger partial charge in [-0.1, -0.05) is 25.1 Å². The van der Waals surface area contributed by atoms with Gasteiger partial charge in [0.05, 0.1) is 11.1 Å². The molecule has 1 aliphatic rings. The summed E-state index contributed by atoms with van der Waals surface area (Å²) in [6.07, 6.45) is 0.578. The third kappa shape index (κ3) is 1.26. The number of para-hydroxylation sites is 1. The smallest absolute Gasteiger partial charge is 0.252 e. The van der Waals surface area contributed by atoms with E-state index in [0.717, 1.165) is 16.5 Å². The summed E-state index contributed by atoms with van der Waals surface area (Å²) in [5, 5.41) is 4.42. The van der Waals surface area contributed by atoms with Crippen molar-refractivity contribution in [1.82, 2.24) is 10.3 Å². The molecule has 3 aromatic rings. The largest absolute Gasteiger partial charge is 0.352 e. The van der Waals surface area contributed by atoms with Crippen molar-refractivity contribution < 1.29 is 9.18 Å². The van der Waals surface area contributed by atoms with Crippen molar-refractivity contribution in [3.05, 3.63) is 46.8 Å². The second-order valence-electron chi connectivity index (χ2n) is 5.10. The molecule has 100 valence electrons. The number of aromatic nitrogens is 1. The molecule has 4 heteroatoms. The number of carbonyl (C=O) groups is 1. The summed E-state index contributed by atoms with van der Waals surface area (Å²) in [6, 6.07) is 7.63. The highest BCUT2D eigenvalue weighted by atomic mass is 19.1. The van der Waals surface area contributed by atoms with E-state index < -0.39 is 0 Å². The molecule has 2 heterocycles. The first-order valence-corrected chi connectivity index (χ1v) is 6.74. The number of carbonyl (C=O) groups excluding carboxylic acids is 1. The molecule has 2 aromatic carbocycles. The zero-order chi connectivity index (χ0) is 13.9. The van der Waals surface area contributed by atoms with Crippen molar-refractivity contribution in [3.8, 4) is 0 Å². The Bertz CT molecular complexity index is 879. The first-order valence-electron chi connectivity index (χ1n) is 6.74. The van der Waals surface area contributed by atoms with Gasteiger partial charge in [-0.3, -0.25) is 4.79 Å². The normalized spacial score (nSPS) is 14.0. The maximum absolute atomic E-state index is 14.7. The SMILES string of the molecule is CCc1c2c(c3c([nH]c4ccccc43)c1F)C(=O)NC2. The fraction of sp³-hybridized carbons (Fsp3) is 0.188. The van der Waals surface area contributed by atoms with Gasteiger partial charge >= 0.3 is 0 Å². The maximum atomic E-state index is 14.7. The van der Waals surface area contributed by atoms with Crippen LogP contribution in [0.25, 0.3) is 21.8 Å². The zero-order valence-corrected chi connectivity index (χ0v) is 11.0. The van der Waals surface area contributed by atoms with E-state index >= 15 is 0 Å². The van der Waals surface area contributed by atoms with Gasteiger partial charge < -0.3 is 10.3 Å². The highest BCUT2D eigenvalue weighted by Crippen LogP contribution is 2.37. The Labute approximate surface area is 114 Å². The van der Waals surface area contributed by atoms with Gasteiger partial charge in [0.25, 0.3) is 5.91 Å². The predicted molar refractivity (Wildman–Crippen MR) is 76.3 cm³/mol. The van der Waals surface area contributed by atoms with Crippen LogP contribution in [0.5, 0.6) is 0 Å². The topological polar surface area (TPSA) is 44.9 Å². The molecule has 20 heavy (non-hydrogen) atoms. The van der Waals surface area contributed by atoms with Crippen LogP contribution >= 0.6 is 0 Å². The molecular weight excluding hydrogens is 255 g/mol. The monoisotopic (exact) mass is 268 g/mol. The fourth-order valence-electron chi connectivity index (χ4n) is 3.22. The van der Waals surface area contributed by atoms with Gasteiger partial charge in [-0.15, -0.1) is 0 Å². The van der Waals surface area contributed by atoms with Gasteiger partial charge in [0.2, 0.25) is 0 Å². The highest BCUT2D eigenvalue weighted by molar-refractivity contribution is 6.20. The van der Waals surface area contributed by atoms with Crippen LogP contribution < -0.4 is 5.32 Å². The molecule has 1 amide bonds. The van der Waals surface area contributed by atoms with E-state index in [1.165, 1.54) is 0 Å². The van der Waals surface area contributed by atoms with Crippen molar-refractivity contribution in [3.63, 3.8) is 0 Å². The molecule has 0 saturated carbocycles. The molecule has 0 bridgehead atoms. The molecule has 1 aliphatic heterocycles. The van der Waals surface area contributed by atoms with Gasteiger partial charge in [-0.05, 0) is 23.6 Å². The van der Waals surface area contributed by atoms with Crippen molar-refractivity contribution in [2.45, 2.75) is 19.9 Å². The molecule has 0 unspecified atom stereocenters. The lowest BCUT2D eigenvalue weighted by Gasteiger charge is -2.08. The van der Waals surface area contributed by atoms with Crippen LogP contribution in [0.3, 0.4) is 0 Å². The Morgan fingerprint density at radius 1 is 1.30 bits per heavy atom. The number of fused-ring (bicyclic) bond motifs is 5. The Kier molecular flexibility index (Phi) is 2.19. The summed E-state index contributed by atoms with van der Waals surface area (Å²) < 4.78 is 14.7. The van der Waals surface area contributed by atoms with Crippen LogP contribution in [0.4, 0.5) is 4.39 Å². The number of hydrogen-bond donors (Lipinski definition) is 2. The first-order chi connectivity index (χ1) is 9.72. The molecule has 0 fully saturated rings. The molecule has 0 spiro atoms. The Morgan fingerprint density at radius 3 is 2.90 bits per heavy atom. The number of benzene rings is 2. The number of halogens is 1. The minimum atomic E-state index is -0.228. The quantitative estimate of drug-likeness (QED) is 0.699. The average molecular weight is 268 g/mol. The Morgan fingerprint density at radius 2 is 2.10 bits per heavy atom. The van der Waals surface area contributed by atoms with Crippen molar-refractivity contribution >= 4 is 27.7 Å². The zero-order valence-electron chi connectivity index (χ0n) is 11.0. The molecular formula is C16H13FN2O. The second kappa shape index (κ2) is 3.82. The highest BCUT2D eigenvalue weighted by Gasteiger charge is 2.29. The number of H-pyrrole nitrogens is 1. The molecule has 0 aliphatic carbocycles. The Hall–Kier alpha value is -2.36. The second-order valence-corrected chi connectivity index (χ2v) is 5.10. The van der Waals surface area contributed by atoms with E-state index in [1.54, 1.807) is 0 Å². The van der Waals surface area contributed by atoms with E-state index in [1.807, 2.05) is 31.2 Å². The summed E-state index contributed by atoms with van der Waals surface area (Å²) in [7, 11) is 0. The van der Waals surface area contributed by atoms with E-state index in [0.29, 0.717) is 35.0 Å². The van der Waals surface area contributed by atoms with E-state index in [9.17, 15) is 9.18 Å². The molecule has 4 rings (SSSR count). The molecule has 1 aromatic heterocycles. The van der Waals surface area contributed by atoms with Gasteiger partial charge in [0, 0.05) is 22.8 Å². The molecule has 0 radical (unpaired) electrons. The summed E-state index contributed by atoms with van der Waals surface area (Å²) in [4.78, 5) is 15.3. The number of hydrogen-bond acceptors (Lipinski definition) is 1. The predicted octanol–water partition coefficient (Wildman–Crippen LogP) is 3.27. The van der Waals surface area contributed by atoms with Gasteiger partial charge in [-0.2, -0.15) is 0 Å². The molecule has 0 atom stereocenters. The standard InChI is InChI=1S/C16H13FN2O/c1-2-8-10-7-18-16(20)13(10)12-9-5-3-4-6-11(9)19-15(12)14(8)17/h3-6,19H,2,7H2,1H3,(H,18,20). The maximum Gasteiger partial charge on any atom is 0.252 e. The van der Waals surface area contributed by atoms with Crippen molar-refractivity contribution in [2.75, 3.05) is 0 Å². The first kappa shape index (κ1) is 11.5. The number of aromatic amines is 1. The lowest BCUT2D eigenvalue weighted by molar-refractivity contribution is 0.0967. The van der Waals surface area contributed by atoms with Crippen LogP contribution in [0.1, 0.15) is 28.4 Å². The van der Waals surface area contributed by atoms with Crippen molar-refractivity contribution in [1.29, 1.82) is 0 Å². The number of nitrogens with one attached hydrogen (secondary N) is 2. The molecule has 0 saturated heterocycles. The third-order valence-corrected chi connectivity index (χ3v) is 4.11. The minimum Gasteiger partial charge on any atom is -0.352 e. The molecule has 2 N–H and O–H groups in total. The Balaban J connectivity index is 2.31. The lowest BCUT2D eigenvalue weighted by atomic mass is 9.95. The van der Waals surface area contributed by atoms with Crippen LogP contribution in [0, 0.1) is 5.82 Å². The van der Waals surface area contributed by atoms with Crippen LogP contribution in [0.2, 0.25) is 0 Å². The summed E-state index contributed by atoms with van der Waals surface area (Å²) in [5.74, 6) is -0.335. The summed E-state index contributed by atoms with van der Waals surface area (Å²) in [5.41, 5.74) is 3.38. The minimum absolute atomic E-state index is 0.107. The van der Waals surface area contributed by atoms with Gasteiger partial charge in [-0.25, -0.2) is 4.39 Å². The van der Waals surface area contributed by atoms with Crippen LogP contribution in [-0.2, 0) is 13.0 Å². The lowest BCUT2D eigenvalue weighted by Crippen LogP contribution is -2.12. The van der Waals surface area contributed by atoms with E-state index in [4.69, 9.17) is 0 Å². The van der Waals surface area contributed by atoms with Crippen LogP contribution in [-0.4, -0.2) is 10.9 Å². The number of amides is 1. The number of rotatable bonds is 1. The van der Waals surface area contributed by atoms with E-state index in [-0.39, 0.29) is 11.7 Å². The van der Waals surface area contributed by atoms with E-state index in [2.05, 4.69) is 10.3 Å². The fourth-order valence-corrected chi connectivity index (χ4v) is 3.22. The molecule has 3 nitrogen and oxygen atoms in total.